The number of fused-ring (bicyclic) bond motifs is 1. The molecular formula is C16H17ClN4O2. The maximum absolute atomic E-state index is 12.2. The van der Waals surface area contributed by atoms with Crippen molar-refractivity contribution < 1.29 is 9.53 Å². The molecule has 0 radical (unpaired) electrons. The predicted molar refractivity (Wildman–Crippen MR) is 87.7 cm³/mol. The van der Waals surface area contributed by atoms with Gasteiger partial charge in [0, 0.05) is 11.9 Å². The summed E-state index contributed by atoms with van der Waals surface area (Å²) < 4.78 is 8.72. The van der Waals surface area contributed by atoms with Gasteiger partial charge in [-0.3, -0.25) is 9.36 Å². The number of nitrogens with zero attached hydrogens (tertiary/aromatic N) is 4. The molecule has 0 spiro atoms. The van der Waals surface area contributed by atoms with Crippen molar-refractivity contribution in [2.45, 2.75) is 26.9 Å². The van der Waals surface area contributed by atoms with Crippen molar-refractivity contribution in [2.75, 3.05) is 6.61 Å². The molecule has 0 atom stereocenters. The van der Waals surface area contributed by atoms with Crippen LogP contribution in [0, 0.1) is 6.92 Å². The largest absolute Gasteiger partial charge is 0.460 e. The third kappa shape index (κ3) is 2.94. The van der Waals surface area contributed by atoms with Gasteiger partial charge in [0.2, 0.25) is 0 Å². The zero-order chi connectivity index (χ0) is 16.4. The molecule has 0 unspecified atom stereocenters. The smallest absolute Gasteiger partial charge is 0.343 e. The number of aromatic nitrogens is 4. The van der Waals surface area contributed by atoms with Crippen LogP contribution in [0.1, 0.15) is 23.0 Å². The molecule has 0 aliphatic carbocycles. The zero-order valence-corrected chi connectivity index (χ0v) is 13.7. The van der Waals surface area contributed by atoms with E-state index < -0.39 is 5.97 Å². The molecule has 2 aromatic heterocycles. The van der Waals surface area contributed by atoms with E-state index in [1.54, 1.807) is 17.8 Å². The molecule has 3 rings (SSSR count). The number of esters is 1. The van der Waals surface area contributed by atoms with Crippen molar-refractivity contribution in [2.24, 2.45) is 0 Å². The lowest BCUT2D eigenvalue weighted by Crippen LogP contribution is -2.13. The summed E-state index contributed by atoms with van der Waals surface area (Å²) in [5.74, 6) is -0.455. The highest BCUT2D eigenvalue weighted by Crippen LogP contribution is 2.20. The summed E-state index contributed by atoms with van der Waals surface area (Å²) in [4.78, 5) is 12.2. The number of para-hydroxylation sites is 1. The highest BCUT2D eigenvalue weighted by Gasteiger charge is 2.21. The zero-order valence-electron chi connectivity index (χ0n) is 13.0. The van der Waals surface area contributed by atoms with Crippen molar-refractivity contribution in [3.8, 4) is 0 Å². The topological polar surface area (TPSA) is 61.9 Å². The van der Waals surface area contributed by atoms with Crippen LogP contribution in [0.15, 0.2) is 30.5 Å². The number of hydrogen-bond donors (Lipinski definition) is 0. The molecular weight excluding hydrogens is 316 g/mol. The second-order valence-electron chi connectivity index (χ2n) is 5.13. The van der Waals surface area contributed by atoms with Crippen LogP contribution in [-0.2, 0) is 17.8 Å². The van der Waals surface area contributed by atoms with Gasteiger partial charge >= 0.3 is 5.97 Å². The van der Waals surface area contributed by atoms with Crippen molar-refractivity contribution in [3.05, 3.63) is 46.9 Å². The van der Waals surface area contributed by atoms with Crippen molar-refractivity contribution in [1.29, 1.82) is 0 Å². The van der Waals surface area contributed by atoms with Crippen LogP contribution >= 0.6 is 11.6 Å². The summed E-state index contributed by atoms with van der Waals surface area (Å²) in [6, 6.07) is 7.89. The van der Waals surface area contributed by atoms with Crippen LogP contribution in [0.2, 0.25) is 5.15 Å². The molecule has 2 heterocycles. The van der Waals surface area contributed by atoms with Crippen molar-refractivity contribution >= 4 is 28.5 Å². The fourth-order valence-corrected chi connectivity index (χ4v) is 2.87. The molecule has 6 nitrogen and oxygen atoms in total. The molecule has 3 aromatic rings. The van der Waals surface area contributed by atoms with Gasteiger partial charge in [0.15, 0.2) is 0 Å². The number of aryl methyl sites for hydroxylation is 2. The first kappa shape index (κ1) is 15.6. The standard InChI is InChI=1S/C16H17ClN4O2/c1-3-20-15(17)14(11(2)19-20)16(22)23-9-8-21-13-7-5-4-6-12(13)10-18-21/h4-7,10H,3,8-9H2,1-2H3. The van der Waals surface area contributed by atoms with Gasteiger partial charge in [-0.05, 0) is 19.9 Å². The first-order chi connectivity index (χ1) is 11.1. The number of hydrogen-bond acceptors (Lipinski definition) is 4. The number of carbonyl (C=O) groups excluding carboxylic acids is 1. The third-order valence-corrected chi connectivity index (χ3v) is 4.04. The van der Waals surface area contributed by atoms with Crippen LogP contribution in [-0.4, -0.2) is 32.1 Å². The van der Waals surface area contributed by atoms with Gasteiger partial charge in [-0.25, -0.2) is 4.79 Å². The van der Waals surface area contributed by atoms with E-state index in [0.29, 0.717) is 29.5 Å². The normalized spacial score (nSPS) is 11.1. The van der Waals surface area contributed by atoms with E-state index in [-0.39, 0.29) is 6.61 Å². The Kier molecular flexibility index (Phi) is 4.34. The SMILES string of the molecule is CCn1nc(C)c(C(=O)OCCn2ncc3ccccc32)c1Cl. The molecule has 1 aromatic carbocycles. The van der Waals surface area contributed by atoms with Gasteiger partial charge in [0.05, 0.1) is 24.0 Å². The first-order valence-corrected chi connectivity index (χ1v) is 7.80. The van der Waals surface area contributed by atoms with E-state index >= 15 is 0 Å². The van der Waals surface area contributed by atoms with Crippen molar-refractivity contribution in [1.82, 2.24) is 19.6 Å². The van der Waals surface area contributed by atoms with Crippen LogP contribution < -0.4 is 0 Å². The maximum Gasteiger partial charge on any atom is 0.343 e. The second kappa shape index (κ2) is 6.42. The molecule has 0 saturated carbocycles. The molecule has 0 saturated heterocycles. The third-order valence-electron chi connectivity index (χ3n) is 3.66. The summed E-state index contributed by atoms with van der Waals surface area (Å²) in [7, 11) is 0. The Balaban J connectivity index is 1.67. The maximum atomic E-state index is 12.2. The molecule has 0 amide bonds. The van der Waals surface area contributed by atoms with Gasteiger partial charge in [-0.1, -0.05) is 29.8 Å². The van der Waals surface area contributed by atoms with E-state index in [0.717, 1.165) is 10.9 Å². The minimum Gasteiger partial charge on any atom is -0.460 e. The summed E-state index contributed by atoms with van der Waals surface area (Å²) in [6.07, 6.45) is 1.80. The van der Waals surface area contributed by atoms with E-state index in [9.17, 15) is 4.79 Å². The molecule has 23 heavy (non-hydrogen) atoms. The summed E-state index contributed by atoms with van der Waals surface area (Å²) >= 11 is 6.16. The average Bonchev–Trinajstić information content (AvgIpc) is 3.08. The molecule has 7 heteroatoms. The number of ether oxygens (including phenoxy) is 1. The highest BCUT2D eigenvalue weighted by atomic mass is 35.5. The highest BCUT2D eigenvalue weighted by molar-refractivity contribution is 6.32. The van der Waals surface area contributed by atoms with Gasteiger partial charge in [-0.2, -0.15) is 10.2 Å². The molecule has 0 aliphatic rings. The summed E-state index contributed by atoms with van der Waals surface area (Å²) in [6.45, 7) is 4.97. The summed E-state index contributed by atoms with van der Waals surface area (Å²) in [5, 5.41) is 9.89. The van der Waals surface area contributed by atoms with Crippen LogP contribution in [0.3, 0.4) is 0 Å². The predicted octanol–water partition coefficient (Wildman–Crippen LogP) is 3.07. The number of rotatable bonds is 5. The molecule has 0 bridgehead atoms. The Bertz CT molecular complexity index is 853. The second-order valence-corrected chi connectivity index (χ2v) is 5.49. The van der Waals surface area contributed by atoms with Crippen LogP contribution in [0.25, 0.3) is 10.9 Å². The lowest BCUT2D eigenvalue weighted by molar-refractivity contribution is 0.0488. The average molecular weight is 333 g/mol. The van der Waals surface area contributed by atoms with E-state index in [4.69, 9.17) is 16.3 Å². The minimum atomic E-state index is -0.455. The van der Waals surface area contributed by atoms with E-state index in [2.05, 4.69) is 10.2 Å². The minimum absolute atomic E-state index is 0.220. The Morgan fingerprint density at radius 2 is 2.09 bits per heavy atom. The van der Waals surface area contributed by atoms with Crippen LogP contribution in [0.5, 0.6) is 0 Å². The fraction of sp³-hybridized carbons (Fsp3) is 0.312. The van der Waals surface area contributed by atoms with Crippen LogP contribution in [0.4, 0.5) is 0 Å². The van der Waals surface area contributed by atoms with Gasteiger partial charge < -0.3 is 4.74 Å². The first-order valence-electron chi connectivity index (χ1n) is 7.42. The summed E-state index contributed by atoms with van der Waals surface area (Å²) in [5.41, 5.74) is 1.92. The lowest BCUT2D eigenvalue weighted by atomic mass is 10.2. The van der Waals surface area contributed by atoms with Gasteiger partial charge in [-0.15, -0.1) is 0 Å². The fourth-order valence-electron chi connectivity index (χ4n) is 2.50. The van der Waals surface area contributed by atoms with E-state index in [1.165, 1.54) is 0 Å². The van der Waals surface area contributed by atoms with Gasteiger partial charge in [0.25, 0.3) is 0 Å². The number of carbonyl (C=O) groups is 1. The molecule has 0 fully saturated rings. The monoisotopic (exact) mass is 332 g/mol. The quantitative estimate of drug-likeness (QED) is 0.674. The molecule has 120 valence electrons. The Hall–Kier alpha value is -2.34. The Labute approximate surface area is 138 Å². The van der Waals surface area contributed by atoms with Gasteiger partial charge in [0.1, 0.15) is 17.3 Å². The van der Waals surface area contributed by atoms with Crippen molar-refractivity contribution in [3.63, 3.8) is 0 Å². The Morgan fingerprint density at radius 3 is 2.83 bits per heavy atom. The molecule has 0 N–H and O–H groups in total. The van der Waals surface area contributed by atoms with E-state index in [1.807, 2.05) is 35.9 Å². The number of benzene rings is 1. The number of halogens is 1. The lowest BCUT2D eigenvalue weighted by Gasteiger charge is -2.06. The molecule has 0 aliphatic heterocycles. The Morgan fingerprint density at radius 1 is 1.30 bits per heavy atom.